The normalized spacial score (nSPS) is 10.2. The number of urea groups is 1. The van der Waals surface area contributed by atoms with Crippen LogP contribution in [0.25, 0.3) is 0 Å². The first-order valence-electron chi connectivity index (χ1n) is 6.87. The van der Waals surface area contributed by atoms with Gasteiger partial charge in [-0.05, 0) is 36.4 Å². The van der Waals surface area contributed by atoms with Crippen LogP contribution in [0.1, 0.15) is 16.7 Å². The Balaban J connectivity index is 1.76. The number of hydrogen-bond acceptors (Lipinski definition) is 2. The zero-order chi connectivity index (χ0) is 15.1. The molecular formula is C17H20N2OS. The number of carbonyl (C=O) groups is 1. The summed E-state index contributed by atoms with van der Waals surface area (Å²) in [5.74, 6) is 0. The van der Waals surface area contributed by atoms with Crippen molar-refractivity contribution in [3.8, 4) is 0 Å². The van der Waals surface area contributed by atoms with E-state index in [4.69, 9.17) is 0 Å². The number of hydrogen-bond donors (Lipinski definition) is 2. The van der Waals surface area contributed by atoms with Gasteiger partial charge in [0.05, 0.1) is 0 Å². The van der Waals surface area contributed by atoms with E-state index in [1.54, 1.807) is 11.8 Å². The van der Waals surface area contributed by atoms with E-state index in [1.165, 1.54) is 10.5 Å². The van der Waals surface area contributed by atoms with Crippen LogP contribution in [0.3, 0.4) is 0 Å². The minimum Gasteiger partial charge on any atom is -0.334 e. The van der Waals surface area contributed by atoms with Gasteiger partial charge >= 0.3 is 6.03 Å². The van der Waals surface area contributed by atoms with Gasteiger partial charge in [-0.2, -0.15) is 0 Å². The Morgan fingerprint density at radius 3 is 2.29 bits per heavy atom. The van der Waals surface area contributed by atoms with Crippen molar-refractivity contribution in [2.24, 2.45) is 0 Å². The van der Waals surface area contributed by atoms with Gasteiger partial charge in [-0.3, -0.25) is 0 Å². The minimum absolute atomic E-state index is 0.148. The van der Waals surface area contributed by atoms with Gasteiger partial charge in [0.2, 0.25) is 0 Å². The number of nitrogens with one attached hydrogen (secondary N) is 2. The van der Waals surface area contributed by atoms with Crippen molar-refractivity contribution in [2.45, 2.75) is 24.9 Å². The molecule has 0 saturated carbocycles. The summed E-state index contributed by atoms with van der Waals surface area (Å²) in [6.45, 7) is 3.12. The smallest absolute Gasteiger partial charge is 0.315 e. The topological polar surface area (TPSA) is 41.1 Å². The van der Waals surface area contributed by atoms with E-state index < -0.39 is 0 Å². The third-order valence-corrected chi connectivity index (χ3v) is 3.89. The van der Waals surface area contributed by atoms with Gasteiger partial charge in [0, 0.05) is 18.0 Å². The highest BCUT2D eigenvalue weighted by atomic mass is 32.2. The van der Waals surface area contributed by atoms with Crippen LogP contribution in [0.5, 0.6) is 0 Å². The second-order valence-corrected chi connectivity index (χ2v) is 5.75. The molecule has 0 aliphatic heterocycles. The molecule has 0 aliphatic carbocycles. The molecule has 4 heteroatoms. The molecule has 2 N–H and O–H groups in total. The van der Waals surface area contributed by atoms with Crippen LogP contribution in [0.15, 0.2) is 53.4 Å². The van der Waals surface area contributed by atoms with E-state index in [9.17, 15) is 4.79 Å². The van der Waals surface area contributed by atoms with Gasteiger partial charge in [0.25, 0.3) is 0 Å². The number of amides is 2. The molecular weight excluding hydrogens is 280 g/mol. The third-order valence-electron chi connectivity index (χ3n) is 3.15. The summed E-state index contributed by atoms with van der Waals surface area (Å²) in [6, 6.07) is 16.2. The van der Waals surface area contributed by atoms with Crippen LogP contribution >= 0.6 is 11.8 Å². The lowest BCUT2D eigenvalue weighted by Gasteiger charge is -2.08. The van der Waals surface area contributed by atoms with E-state index >= 15 is 0 Å². The van der Waals surface area contributed by atoms with Crippen molar-refractivity contribution < 1.29 is 4.79 Å². The quantitative estimate of drug-likeness (QED) is 0.826. The Kier molecular flexibility index (Phi) is 5.69. The average Bonchev–Trinajstić information content (AvgIpc) is 2.51. The highest BCUT2D eigenvalue weighted by Crippen LogP contribution is 2.14. The second kappa shape index (κ2) is 7.74. The summed E-state index contributed by atoms with van der Waals surface area (Å²) < 4.78 is 0. The van der Waals surface area contributed by atoms with Crippen LogP contribution in [-0.4, -0.2) is 12.3 Å². The predicted molar refractivity (Wildman–Crippen MR) is 88.5 cm³/mol. The fourth-order valence-corrected chi connectivity index (χ4v) is 2.40. The molecule has 3 nitrogen and oxygen atoms in total. The third kappa shape index (κ3) is 5.16. The lowest BCUT2D eigenvalue weighted by molar-refractivity contribution is 0.240. The molecule has 2 aromatic carbocycles. The second-order valence-electron chi connectivity index (χ2n) is 4.87. The Morgan fingerprint density at radius 2 is 1.67 bits per heavy atom. The van der Waals surface area contributed by atoms with Crippen LogP contribution in [0, 0.1) is 6.92 Å². The summed E-state index contributed by atoms with van der Waals surface area (Å²) in [7, 11) is 0. The van der Waals surface area contributed by atoms with Crippen LogP contribution in [-0.2, 0) is 13.1 Å². The summed E-state index contributed by atoms with van der Waals surface area (Å²) in [6.07, 6.45) is 2.05. The van der Waals surface area contributed by atoms with Gasteiger partial charge < -0.3 is 10.6 Å². The molecule has 21 heavy (non-hydrogen) atoms. The lowest BCUT2D eigenvalue weighted by Crippen LogP contribution is -2.34. The van der Waals surface area contributed by atoms with Crippen molar-refractivity contribution in [2.75, 3.05) is 6.26 Å². The first-order valence-corrected chi connectivity index (χ1v) is 8.10. The summed E-state index contributed by atoms with van der Waals surface area (Å²) in [4.78, 5) is 13.0. The number of aryl methyl sites for hydroxylation is 1. The molecule has 0 fully saturated rings. The number of thioether (sulfide) groups is 1. The molecule has 0 unspecified atom stereocenters. The number of carbonyl (C=O) groups excluding carboxylic acids is 1. The van der Waals surface area contributed by atoms with E-state index in [-0.39, 0.29) is 6.03 Å². The van der Waals surface area contributed by atoms with E-state index in [1.807, 2.05) is 43.5 Å². The largest absolute Gasteiger partial charge is 0.334 e. The fraction of sp³-hybridized carbons (Fsp3) is 0.235. The van der Waals surface area contributed by atoms with Crippen LogP contribution < -0.4 is 10.6 Å². The van der Waals surface area contributed by atoms with Crippen molar-refractivity contribution >= 4 is 17.8 Å². The molecule has 0 spiro atoms. The molecule has 0 radical (unpaired) electrons. The van der Waals surface area contributed by atoms with Gasteiger partial charge in [0.15, 0.2) is 0 Å². The molecule has 0 heterocycles. The fourth-order valence-electron chi connectivity index (χ4n) is 1.99. The van der Waals surface area contributed by atoms with Gasteiger partial charge in [-0.1, -0.05) is 42.0 Å². The maximum atomic E-state index is 11.8. The lowest BCUT2D eigenvalue weighted by atomic mass is 10.1. The van der Waals surface area contributed by atoms with Crippen molar-refractivity contribution in [3.63, 3.8) is 0 Å². The van der Waals surface area contributed by atoms with E-state index in [0.717, 1.165) is 11.1 Å². The highest BCUT2D eigenvalue weighted by Gasteiger charge is 2.01. The minimum atomic E-state index is -0.148. The molecule has 0 aliphatic rings. The maximum absolute atomic E-state index is 11.8. The molecule has 110 valence electrons. The zero-order valence-corrected chi connectivity index (χ0v) is 13.2. The Labute approximate surface area is 130 Å². The Hall–Kier alpha value is -1.94. The van der Waals surface area contributed by atoms with Gasteiger partial charge in [0.1, 0.15) is 0 Å². The Morgan fingerprint density at radius 1 is 1.00 bits per heavy atom. The van der Waals surface area contributed by atoms with Crippen LogP contribution in [0.2, 0.25) is 0 Å². The number of rotatable bonds is 5. The van der Waals surface area contributed by atoms with E-state index in [2.05, 4.69) is 28.8 Å². The molecule has 2 amide bonds. The Bertz CT molecular complexity index is 596. The zero-order valence-electron chi connectivity index (χ0n) is 12.3. The highest BCUT2D eigenvalue weighted by molar-refractivity contribution is 7.98. The summed E-state index contributed by atoms with van der Waals surface area (Å²) in [5.41, 5.74) is 3.40. The van der Waals surface area contributed by atoms with Crippen molar-refractivity contribution in [1.82, 2.24) is 10.6 Å². The first kappa shape index (κ1) is 15.4. The van der Waals surface area contributed by atoms with Gasteiger partial charge in [-0.25, -0.2) is 4.79 Å². The average molecular weight is 300 g/mol. The molecule has 2 aromatic rings. The van der Waals surface area contributed by atoms with Crippen molar-refractivity contribution in [1.29, 1.82) is 0 Å². The van der Waals surface area contributed by atoms with Gasteiger partial charge in [-0.15, -0.1) is 11.8 Å². The molecule has 0 saturated heterocycles. The maximum Gasteiger partial charge on any atom is 0.315 e. The monoisotopic (exact) mass is 300 g/mol. The first-order chi connectivity index (χ1) is 10.2. The SMILES string of the molecule is CSc1ccc(CNC(=O)NCc2cccc(C)c2)cc1. The predicted octanol–water partition coefficient (Wildman–Crippen LogP) is 3.72. The summed E-state index contributed by atoms with van der Waals surface area (Å²) in [5, 5.41) is 5.73. The number of benzene rings is 2. The van der Waals surface area contributed by atoms with Crippen molar-refractivity contribution in [3.05, 3.63) is 65.2 Å². The summed E-state index contributed by atoms with van der Waals surface area (Å²) >= 11 is 1.71. The van der Waals surface area contributed by atoms with Crippen LogP contribution in [0.4, 0.5) is 4.79 Å². The standard InChI is InChI=1S/C17H20N2OS/c1-13-4-3-5-15(10-13)12-19-17(20)18-11-14-6-8-16(21-2)9-7-14/h3-10H,11-12H2,1-2H3,(H2,18,19,20). The molecule has 0 atom stereocenters. The molecule has 0 aromatic heterocycles. The van der Waals surface area contributed by atoms with E-state index in [0.29, 0.717) is 13.1 Å². The molecule has 0 bridgehead atoms. The molecule has 2 rings (SSSR count).